The summed E-state index contributed by atoms with van der Waals surface area (Å²) in [5.74, 6) is 0.727. The molecule has 2 rings (SSSR count). The average molecular weight is 238 g/mol. The third kappa shape index (κ3) is 2.44. The Hall–Kier alpha value is -2.47. The van der Waals surface area contributed by atoms with Gasteiger partial charge in [-0.3, -0.25) is 0 Å². The fourth-order valence-corrected chi connectivity index (χ4v) is 1.71. The Morgan fingerprint density at radius 1 is 1.11 bits per heavy atom. The van der Waals surface area contributed by atoms with E-state index in [4.69, 9.17) is 10.00 Å². The number of nitrogens with zero attached hydrogens (tertiary/aromatic N) is 1. The highest BCUT2D eigenvalue weighted by molar-refractivity contribution is 5.69. The lowest BCUT2D eigenvalue weighted by Gasteiger charge is -2.11. The second-order valence-electron chi connectivity index (χ2n) is 3.96. The summed E-state index contributed by atoms with van der Waals surface area (Å²) < 4.78 is 5.17. The van der Waals surface area contributed by atoms with E-state index in [1.54, 1.807) is 19.2 Å². The van der Waals surface area contributed by atoms with Crippen molar-refractivity contribution < 1.29 is 4.74 Å². The average Bonchev–Trinajstić information content (AvgIpc) is 2.41. The van der Waals surface area contributed by atoms with Gasteiger partial charge in [-0.05, 0) is 30.7 Å². The number of aryl methyl sites for hydroxylation is 1. The molecule has 1 N–H and O–H groups in total. The van der Waals surface area contributed by atoms with Gasteiger partial charge in [-0.15, -0.1) is 0 Å². The van der Waals surface area contributed by atoms with E-state index in [0.29, 0.717) is 5.56 Å². The molecule has 0 bridgehead atoms. The van der Waals surface area contributed by atoms with Gasteiger partial charge in [-0.1, -0.05) is 18.2 Å². The molecule has 0 amide bonds. The molecular formula is C15H14N2O. The van der Waals surface area contributed by atoms with Gasteiger partial charge < -0.3 is 10.1 Å². The molecule has 0 radical (unpaired) electrons. The molecule has 0 saturated heterocycles. The largest absolute Gasteiger partial charge is 0.497 e. The normalized spacial score (nSPS) is 9.61. The van der Waals surface area contributed by atoms with E-state index in [1.807, 2.05) is 37.3 Å². The molecule has 3 heteroatoms. The van der Waals surface area contributed by atoms with Gasteiger partial charge in [-0.2, -0.15) is 5.26 Å². The van der Waals surface area contributed by atoms with E-state index < -0.39 is 0 Å². The first-order chi connectivity index (χ1) is 8.74. The summed E-state index contributed by atoms with van der Waals surface area (Å²) in [6.07, 6.45) is 0. The number of anilines is 2. The maximum Gasteiger partial charge on any atom is 0.121 e. The smallest absolute Gasteiger partial charge is 0.121 e. The van der Waals surface area contributed by atoms with Crippen LogP contribution in [0.25, 0.3) is 0 Å². The van der Waals surface area contributed by atoms with E-state index in [1.165, 1.54) is 0 Å². The van der Waals surface area contributed by atoms with Crippen molar-refractivity contribution in [3.63, 3.8) is 0 Å². The standard InChI is InChI=1S/C15H14N2O/c1-11-5-3-4-6-14(11)17-15-9-13(18-2)8-7-12(15)10-16/h3-9,17H,1-2H3. The molecule has 0 aliphatic heterocycles. The monoisotopic (exact) mass is 238 g/mol. The van der Waals surface area contributed by atoms with Crippen LogP contribution in [0.3, 0.4) is 0 Å². The number of rotatable bonds is 3. The number of hydrogen-bond donors (Lipinski definition) is 1. The van der Waals surface area contributed by atoms with Crippen LogP contribution in [0, 0.1) is 18.3 Å². The lowest BCUT2D eigenvalue weighted by Crippen LogP contribution is -1.96. The second-order valence-corrected chi connectivity index (χ2v) is 3.96. The molecule has 2 aromatic carbocycles. The molecular weight excluding hydrogens is 224 g/mol. The maximum atomic E-state index is 9.10. The predicted molar refractivity (Wildman–Crippen MR) is 72.2 cm³/mol. The van der Waals surface area contributed by atoms with E-state index in [2.05, 4.69) is 11.4 Å². The van der Waals surface area contributed by atoms with Crippen LogP contribution in [-0.4, -0.2) is 7.11 Å². The molecule has 2 aromatic rings. The number of nitrogens with one attached hydrogen (secondary N) is 1. The zero-order valence-electron chi connectivity index (χ0n) is 10.4. The molecule has 0 aliphatic carbocycles. The summed E-state index contributed by atoms with van der Waals surface area (Å²) in [4.78, 5) is 0. The summed E-state index contributed by atoms with van der Waals surface area (Å²) >= 11 is 0. The SMILES string of the molecule is COc1ccc(C#N)c(Nc2ccccc2C)c1. The Bertz CT molecular complexity index is 600. The summed E-state index contributed by atoms with van der Waals surface area (Å²) in [5, 5.41) is 12.4. The molecule has 0 fully saturated rings. The zero-order chi connectivity index (χ0) is 13.0. The van der Waals surface area contributed by atoms with Crippen molar-refractivity contribution in [3.8, 4) is 11.8 Å². The molecule has 0 aromatic heterocycles. The topological polar surface area (TPSA) is 45.0 Å². The highest BCUT2D eigenvalue weighted by Crippen LogP contribution is 2.26. The maximum absolute atomic E-state index is 9.10. The number of hydrogen-bond acceptors (Lipinski definition) is 3. The number of benzene rings is 2. The Labute approximate surface area is 107 Å². The number of methoxy groups -OCH3 is 1. The minimum Gasteiger partial charge on any atom is -0.497 e. The molecule has 0 unspecified atom stereocenters. The Morgan fingerprint density at radius 2 is 1.89 bits per heavy atom. The summed E-state index contributed by atoms with van der Waals surface area (Å²) in [6.45, 7) is 2.02. The Balaban J connectivity index is 2.39. The molecule has 0 atom stereocenters. The van der Waals surface area contributed by atoms with Crippen molar-refractivity contribution in [1.29, 1.82) is 5.26 Å². The summed E-state index contributed by atoms with van der Waals surface area (Å²) in [5.41, 5.74) is 3.47. The molecule has 18 heavy (non-hydrogen) atoms. The Morgan fingerprint density at radius 3 is 2.56 bits per heavy atom. The van der Waals surface area contributed by atoms with Crippen molar-refractivity contribution >= 4 is 11.4 Å². The molecule has 0 aliphatic rings. The first kappa shape index (κ1) is 12.0. The molecule has 0 saturated carbocycles. The van der Waals surface area contributed by atoms with Gasteiger partial charge in [0.25, 0.3) is 0 Å². The van der Waals surface area contributed by atoms with Crippen LogP contribution in [0.5, 0.6) is 5.75 Å². The van der Waals surface area contributed by atoms with Gasteiger partial charge in [-0.25, -0.2) is 0 Å². The number of nitriles is 1. The van der Waals surface area contributed by atoms with E-state index >= 15 is 0 Å². The van der Waals surface area contributed by atoms with Crippen molar-refractivity contribution in [2.24, 2.45) is 0 Å². The lowest BCUT2D eigenvalue weighted by atomic mass is 10.1. The van der Waals surface area contributed by atoms with Crippen LogP contribution < -0.4 is 10.1 Å². The van der Waals surface area contributed by atoms with E-state index in [0.717, 1.165) is 22.7 Å². The highest BCUT2D eigenvalue weighted by atomic mass is 16.5. The summed E-state index contributed by atoms with van der Waals surface area (Å²) in [6, 6.07) is 15.5. The predicted octanol–water partition coefficient (Wildman–Crippen LogP) is 3.62. The number of ether oxygens (including phenoxy) is 1. The highest BCUT2D eigenvalue weighted by Gasteiger charge is 2.05. The minimum absolute atomic E-state index is 0.596. The fourth-order valence-electron chi connectivity index (χ4n) is 1.71. The van der Waals surface area contributed by atoms with Crippen LogP contribution in [0.1, 0.15) is 11.1 Å². The molecule has 0 heterocycles. The first-order valence-corrected chi connectivity index (χ1v) is 5.65. The van der Waals surface area contributed by atoms with Gasteiger partial charge in [0.2, 0.25) is 0 Å². The van der Waals surface area contributed by atoms with Crippen LogP contribution in [0.4, 0.5) is 11.4 Å². The minimum atomic E-state index is 0.596. The van der Waals surface area contributed by atoms with E-state index in [9.17, 15) is 0 Å². The second kappa shape index (κ2) is 5.24. The van der Waals surface area contributed by atoms with Crippen molar-refractivity contribution in [2.75, 3.05) is 12.4 Å². The quantitative estimate of drug-likeness (QED) is 0.888. The first-order valence-electron chi connectivity index (χ1n) is 5.65. The van der Waals surface area contributed by atoms with Crippen molar-refractivity contribution in [1.82, 2.24) is 0 Å². The molecule has 0 spiro atoms. The van der Waals surface area contributed by atoms with Gasteiger partial charge in [0, 0.05) is 11.8 Å². The third-order valence-corrected chi connectivity index (χ3v) is 2.76. The lowest BCUT2D eigenvalue weighted by molar-refractivity contribution is 0.415. The van der Waals surface area contributed by atoms with Crippen molar-refractivity contribution in [3.05, 3.63) is 53.6 Å². The summed E-state index contributed by atoms with van der Waals surface area (Å²) in [7, 11) is 1.61. The van der Waals surface area contributed by atoms with Crippen LogP contribution in [-0.2, 0) is 0 Å². The van der Waals surface area contributed by atoms with Crippen LogP contribution in [0.15, 0.2) is 42.5 Å². The molecule has 3 nitrogen and oxygen atoms in total. The van der Waals surface area contributed by atoms with Gasteiger partial charge in [0.15, 0.2) is 0 Å². The van der Waals surface area contributed by atoms with Gasteiger partial charge in [0.1, 0.15) is 11.8 Å². The van der Waals surface area contributed by atoms with Gasteiger partial charge >= 0.3 is 0 Å². The van der Waals surface area contributed by atoms with Crippen LogP contribution >= 0.6 is 0 Å². The Kier molecular flexibility index (Phi) is 3.49. The van der Waals surface area contributed by atoms with Crippen LogP contribution in [0.2, 0.25) is 0 Å². The number of para-hydroxylation sites is 1. The van der Waals surface area contributed by atoms with E-state index in [-0.39, 0.29) is 0 Å². The zero-order valence-corrected chi connectivity index (χ0v) is 10.4. The molecule has 90 valence electrons. The third-order valence-electron chi connectivity index (χ3n) is 2.76. The van der Waals surface area contributed by atoms with Crippen molar-refractivity contribution in [2.45, 2.75) is 6.92 Å². The van der Waals surface area contributed by atoms with Gasteiger partial charge in [0.05, 0.1) is 18.4 Å². The fraction of sp³-hybridized carbons (Fsp3) is 0.133.